The highest BCUT2D eigenvalue weighted by Crippen LogP contribution is 2.36. The summed E-state index contributed by atoms with van der Waals surface area (Å²) >= 11 is 0. The van der Waals surface area contributed by atoms with Crippen molar-refractivity contribution in [3.05, 3.63) is 48.4 Å². The molecule has 2 aliphatic rings. The van der Waals surface area contributed by atoms with Gasteiger partial charge in [-0.15, -0.1) is 0 Å². The second-order valence-corrected chi connectivity index (χ2v) is 8.12. The number of morpholine rings is 1. The quantitative estimate of drug-likeness (QED) is 0.656. The van der Waals surface area contributed by atoms with Gasteiger partial charge in [0.1, 0.15) is 17.9 Å². The third-order valence-electron chi connectivity index (χ3n) is 6.13. The molecule has 0 radical (unpaired) electrons. The van der Waals surface area contributed by atoms with Crippen LogP contribution in [0.1, 0.15) is 43.1 Å². The molecule has 0 unspecified atom stereocenters. The largest absolute Gasteiger partial charge is 0.490 e. The standard InChI is InChI=1S/C23H27N5O2/c1-16-25-7-6-21(27-16)17-2-4-19(5-3-17)30-23-13-18(28-8-10-29-11-9-28)12-22-20(23)14-24-15-26-22/h6-7,12-15,17,19H,2-5,8-11H2,1H3. The molecule has 7 heteroatoms. The fraction of sp³-hybridized carbons (Fsp3) is 0.478. The molecule has 1 aliphatic heterocycles. The molecule has 0 N–H and O–H groups in total. The van der Waals surface area contributed by atoms with E-state index in [0.29, 0.717) is 5.92 Å². The van der Waals surface area contributed by atoms with Gasteiger partial charge < -0.3 is 14.4 Å². The molecule has 3 heterocycles. The minimum Gasteiger partial charge on any atom is -0.490 e. The number of nitrogens with zero attached hydrogens (tertiary/aromatic N) is 5. The Balaban J connectivity index is 1.33. The average Bonchev–Trinajstić information content (AvgIpc) is 2.80. The summed E-state index contributed by atoms with van der Waals surface area (Å²) in [5, 5.41) is 0.975. The van der Waals surface area contributed by atoms with Gasteiger partial charge in [-0.1, -0.05) is 0 Å². The van der Waals surface area contributed by atoms with E-state index >= 15 is 0 Å². The molecule has 5 rings (SSSR count). The van der Waals surface area contributed by atoms with Gasteiger partial charge in [0.25, 0.3) is 0 Å². The fourth-order valence-corrected chi connectivity index (χ4v) is 4.50. The minimum absolute atomic E-state index is 0.201. The van der Waals surface area contributed by atoms with Crippen molar-refractivity contribution in [1.82, 2.24) is 19.9 Å². The number of aromatic nitrogens is 4. The zero-order valence-corrected chi connectivity index (χ0v) is 17.3. The average molecular weight is 406 g/mol. The van der Waals surface area contributed by atoms with Gasteiger partial charge in [-0.25, -0.2) is 19.9 Å². The van der Waals surface area contributed by atoms with Crippen LogP contribution in [0.25, 0.3) is 10.9 Å². The molecule has 1 aliphatic carbocycles. The van der Waals surface area contributed by atoms with E-state index in [0.717, 1.165) is 85.8 Å². The number of hydrogen-bond donors (Lipinski definition) is 0. The Hall–Kier alpha value is -2.80. The van der Waals surface area contributed by atoms with Crippen LogP contribution >= 0.6 is 0 Å². The van der Waals surface area contributed by atoms with E-state index in [-0.39, 0.29) is 6.10 Å². The Kier molecular flexibility index (Phi) is 5.45. The molecule has 1 saturated heterocycles. The van der Waals surface area contributed by atoms with Crippen LogP contribution in [0.4, 0.5) is 5.69 Å². The lowest BCUT2D eigenvalue weighted by atomic mass is 9.85. The molecule has 3 aromatic rings. The van der Waals surface area contributed by atoms with Gasteiger partial charge in [-0.05, 0) is 44.7 Å². The van der Waals surface area contributed by atoms with Gasteiger partial charge in [-0.2, -0.15) is 0 Å². The van der Waals surface area contributed by atoms with Gasteiger partial charge in [-0.3, -0.25) is 0 Å². The smallest absolute Gasteiger partial charge is 0.132 e. The van der Waals surface area contributed by atoms with Crippen LogP contribution in [0.5, 0.6) is 5.75 Å². The van der Waals surface area contributed by atoms with E-state index in [1.54, 1.807) is 6.33 Å². The highest BCUT2D eigenvalue weighted by molar-refractivity contribution is 5.88. The summed E-state index contributed by atoms with van der Waals surface area (Å²) in [6, 6.07) is 6.33. The monoisotopic (exact) mass is 405 g/mol. The molecule has 2 aromatic heterocycles. The molecule has 0 amide bonds. The Morgan fingerprint density at radius 1 is 1.07 bits per heavy atom. The van der Waals surface area contributed by atoms with Crippen molar-refractivity contribution in [2.45, 2.75) is 44.6 Å². The molecular formula is C23H27N5O2. The first-order valence-electron chi connectivity index (χ1n) is 10.8. The van der Waals surface area contributed by atoms with Crippen LogP contribution in [0.2, 0.25) is 0 Å². The van der Waals surface area contributed by atoms with Crippen LogP contribution < -0.4 is 9.64 Å². The lowest BCUT2D eigenvalue weighted by molar-refractivity contribution is 0.122. The summed E-state index contributed by atoms with van der Waals surface area (Å²) in [7, 11) is 0. The zero-order valence-electron chi connectivity index (χ0n) is 17.3. The van der Waals surface area contributed by atoms with E-state index in [1.807, 2.05) is 19.3 Å². The first-order chi connectivity index (χ1) is 14.8. The van der Waals surface area contributed by atoms with Crippen molar-refractivity contribution < 1.29 is 9.47 Å². The summed E-state index contributed by atoms with van der Waals surface area (Å²) in [5.41, 5.74) is 3.23. The number of benzene rings is 1. The Bertz CT molecular complexity index is 1010. The number of fused-ring (bicyclic) bond motifs is 1. The van der Waals surface area contributed by atoms with Crippen LogP contribution in [0, 0.1) is 6.92 Å². The number of rotatable bonds is 4. The van der Waals surface area contributed by atoms with Gasteiger partial charge in [0.05, 0.1) is 30.2 Å². The van der Waals surface area contributed by atoms with Gasteiger partial charge in [0, 0.05) is 48.8 Å². The Morgan fingerprint density at radius 2 is 1.90 bits per heavy atom. The second-order valence-electron chi connectivity index (χ2n) is 8.12. The number of aryl methyl sites for hydroxylation is 1. The van der Waals surface area contributed by atoms with Crippen molar-refractivity contribution in [2.75, 3.05) is 31.2 Å². The summed E-state index contributed by atoms with van der Waals surface area (Å²) in [6.07, 6.45) is 9.73. The summed E-state index contributed by atoms with van der Waals surface area (Å²) in [5.74, 6) is 2.22. The Labute approximate surface area is 176 Å². The van der Waals surface area contributed by atoms with Gasteiger partial charge in [0.2, 0.25) is 0 Å². The van der Waals surface area contributed by atoms with Gasteiger partial charge >= 0.3 is 0 Å². The van der Waals surface area contributed by atoms with E-state index in [2.05, 4.69) is 43.0 Å². The van der Waals surface area contributed by atoms with Crippen molar-refractivity contribution >= 4 is 16.6 Å². The van der Waals surface area contributed by atoms with E-state index in [9.17, 15) is 0 Å². The van der Waals surface area contributed by atoms with Crippen molar-refractivity contribution in [3.63, 3.8) is 0 Å². The summed E-state index contributed by atoms with van der Waals surface area (Å²) in [4.78, 5) is 19.9. The molecule has 1 aromatic carbocycles. The van der Waals surface area contributed by atoms with E-state index < -0.39 is 0 Å². The minimum atomic E-state index is 0.201. The van der Waals surface area contributed by atoms with Crippen LogP contribution in [0.3, 0.4) is 0 Å². The highest BCUT2D eigenvalue weighted by Gasteiger charge is 2.25. The van der Waals surface area contributed by atoms with E-state index in [1.165, 1.54) is 0 Å². The second kappa shape index (κ2) is 8.52. The molecule has 0 atom stereocenters. The maximum Gasteiger partial charge on any atom is 0.132 e. The predicted molar refractivity (Wildman–Crippen MR) is 115 cm³/mol. The normalized spacial score (nSPS) is 22.2. The number of anilines is 1. The summed E-state index contributed by atoms with van der Waals surface area (Å²) < 4.78 is 12.0. The van der Waals surface area contributed by atoms with E-state index in [4.69, 9.17) is 9.47 Å². The molecule has 156 valence electrons. The highest BCUT2D eigenvalue weighted by atomic mass is 16.5. The topological polar surface area (TPSA) is 73.3 Å². The molecular weight excluding hydrogens is 378 g/mol. The van der Waals surface area contributed by atoms with Crippen molar-refractivity contribution in [2.24, 2.45) is 0 Å². The maximum atomic E-state index is 6.54. The van der Waals surface area contributed by atoms with Crippen LogP contribution in [-0.4, -0.2) is 52.3 Å². The molecule has 2 fully saturated rings. The van der Waals surface area contributed by atoms with Crippen molar-refractivity contribution in [3.8, 4) is 5.75 Å². The Morgan fingerprint density at radius 3 is 2.70 bits per heavy atom. The molecule has 0 spiro atoms. The van der Waals surface area contributed by atoms with Crippen LogP contribution in [-0.2, 0) is 4.74 Å². The number of hydrogen-bond acceptors (Lipinski definition) is 7. The lowest BCUT2D eigenvalue weighted by Crippen LogP contribution is -2.36. The van der Waals surface area contributed by atoms with Crippen LogP contribution in [0.15, 0.2) is 36.9 Å². The summed E-state index contributed by atoms with van der Waals surface area (Å²) in [6.45, 7) is 5.24. The third-order valence-corrected chi connectivity index (χ3v) is 6.13. The lowest BCUT2D eigenvalue weighted by Gasteiger charge is -2.31. The number of ether oxygens (including phenoxy) is 2. The fourth-order valence-electron chi connectivity index (χ4n) is 4.50. The first kappa shape index (κ1) is 19.2. The molecule has 7 nitrogen and oxygen atoms in total. The third kappa shape index (κ3) is 4.07. The van der Waals surface area contributed by atoms with Crippen molar-refractivity contribution in [1.29, 1.82) is 0 Å². The predicted octanol–water partition coefficient (Wildman–Crippen LogP) is 3.67. The molecule has 30 heavy (non-hydrogen) atoms. The van der Waals surface area contributed by atoms with Gasteiger partial charge in [0.15, 0.2) is 0 Å². The molecule has 1 saturated carbocycles. The molecule has 0 bridgehead atoms. The zero-order chi connectivity index (χ0) is 20.3. The maximum absolute atomic E-state index is 6.54. The first-order valence-corrected chi connectivity index (χ1v) is 10.8. The SMILES string of the molecule is Cc1nccc(C2CCC(Oc3cc(N4CCOCC4)cc4ncncc34)CC2)n1.